The Morgan fingerprint density at radius 3 is 2.26 bits per heavy atom. The molecule has 0 saturated carbocycles. The van der Waals surface area contributed by atoms with Gasteiger partial charge in [0.1, 0.15) is 11.5 Å². The Morgan fingerprint density at radius 2 is 1.65 bits per heavy atom. The van der Waals surface area contributed by atoms with Crippen LogP contribution in [0, 0.1) is 6.92 Å². The third kappa shape index (κ3) is 4.21. The molecule has 2 rings (SSSR count). The van der Waals surface area contributed by atoms with Crippen molar-refractivity contribution in [1.29, 1.82) is 0 Å². The molecule has 23 heavy (non-hydrogen) atoms. The summed E-state index contributed by atoms with van der Waals surface area (Å²) >= 11 is 12.1. The van der Waals surface area contributed by atoms with Gasteiger partial charge in [-0.1, -0.05) is 29.3 Å². The molecular weight excluding hydrogens is 339 g/mol. The van der Waals surface area contributed by atoms with Crippen LogP contribution in [0.3, 0.4) is 0 Å². The van der Waals surface area contributed by atoms with Crippen molar-refractivity contribution in [1.82, 2.24) is 0 Å². The van der Waals surface area contributed by atoms with Gasteiger partial charge < -0.3 is 20.1 Å². The number of ether oxygens (including phenoxy) is 2. The van der Waals surface area contributed by atoms with Crippen LogP contribution in [0.5, 0.6) is 11.5 Å². The van der Waals surface area contributed by atoms with E-state index in [1.54, 1.807) is 24.3 Å². The van der Waals surface area contributed by atoms with Gasteiger partial charge in [0.25, 0.3) is 0 Å². The number of hydrogen-bond donors (Lipinski definition) is 2. The Morgan fingerprint density at radius 1 is 0.957 bits per heavy atom. The molecule has 0 aliphatic rings. The molecular formula is C16H16Cl2N2O3. The first-order chi connectivity index (χ1) is 10.9. The summed E-state index contributed by atoms with van der Waals surface area (Å²) in [6, 6.07) is 7.98. The van der Waals surface area contributed by atoms with E-state index in [0.717, 1.165) is 5.56 Å². The zero-order valence-corrected chi connectivity index (χ0v) is 14.4. The quantitative estimate of drug-likeness (QED) is 0.815. The molecule has 2 aromatic rings. The molecule has 7 heteroatoms. The molecule has 0 spiro atoms. The zero-order chi connectivity index (χ0) is 17.0. The van der Waals surface area contributed by atoms with Crippen molar-refractivity contribution >= 4 is 40.6 Å². The highest BCUT2D eigenvalue weighted by Gasteiger charge is 2.13. The van der Waals surface area contributed by atoms with E-state index in [-0.39, 0.29) is 0 Å². The predicted molar refractivity (Wildman–Crippen MR) is 93.4 cm³/mol. The number of carbonyl (C=O) groups is 1. The minimum absolute atomic E-state index is 0.389. The average molecular weight is 355 g/mol. The summed E-state index contributed by atoms with van der Waals surface area (Å²) in [5, 5.41) is 6.35. The van der Waals surface area contributed by atoms with Crippen molar-refractivity contribution in [3.8, 4) is 11.5 Å². The third-order valence-corrected chi connectivity index (χ3v) is 3.85. The Labute approximate surface area is 144 Å². The number of carbonyl (C=O) groups excluding carboxylic acids is 1. The first-order valence-electron chi connectivity index (χ1n) is 6.70. The summed E-state index contributed by atoms with van der Waals surface area (Å²) in [7, 11) is 2.98. The summed E-state index contributed by atoms with van der Waals surface area (Å²) in [4.78, 5) is 12.1. The number of methoxy groups -OCH3 is 2. The Hall–Kier alpha value is -2.11. The fourth-order valence-electron chi connectivity index (χ4n) is 1.91. The fourth-order valence-corrected chi connectivity index (χ4v) is 2.32. The zero-order valence-electron chi connectivity index (χ0n) is 12.9. The summed E-state index contributed by atoms with van der Waals surface area (Å²) < 4.78 is 10.3. The van der Waals surface area contributed by atoms with Crippen LogP contribution < -0.4 is 20.1 Å². The van der Waals surface area contributed by atoms with Gasteiger partial charge in [-0.2, -0.15) is 0 Å². The molecule has 0 saturated heterocycles. The largest absolute Gasteiger partial charge is 0.495 e. The minimum atomic E-state index is -0.437. The monoisotopic (exact) mass is 354 g/mol. The van der Waals surface area contributed by atoms with Crippen molar-refractivity contribution in [3.05, 3.63) is 45.9 Å². The number of rotatable bonds is 4. The number of urea groups is 1. The molecule has 0 aromatic heterocycles. The Kier molecular flexibility index (Phi) is 5.58. The van der Waals surface area contributed by atoms with Crippen molar-refractivity contribution in [2.45, 2.75) is 6.92 Å². The highest BCUT2D eigenvalue weighted by molar-refractivity contribution is 6.32. The smallest absolute Gasteiger partial charge is 0.323 e. The van der Waals surface area contributed by atoms with E-state index in [9.17, 15) is 4.79 Å². The molecule has 2 amide bonds. The maximum Gasteiger partial charge on any atom is 0.323 e. The van der Waals surface area contributed by atoms with Crippen molar-refractivity contribution < 1.29 is 14.3 Å². The second kappa shape index (κ2) is 7.44. The summed E-state index contributed by atoms with van der Waals surface area (Å²) in [6.45, 7) is 1.89. The topological polar surface area (TPSA) is 59.6 Å². The van der Waals surface area contributed by atoms with Gasteiger partial charge in [0.2, 0.25) is 0 Å². The number of anilines is 2. The van der Waals surface area contributed by atoms with E-state index in [4.69, 9.17) is 32.7 Å². The van der Waals surface area contributed by atoms with E-state index in [1.165, 1.54) is 14.2 Å². The second-order valence-electron chi connectivity index (χ2n) is 4.73. The summed E-state index contributed by atoms with van der Waals surface area (Å²) in [5.74, 6) is 0.856. The fraction of sp³-hybridized carbons (Fsp3) is 0.188. The lowest BCUT2D eigenvalue weighted by Crippen LogP contribution is -2.20. The van der Waals surface area contributed by atoms with Crippen LogP contribution in [0.1, 0.15) is 5.56 Å². The van der Waals surface area contributed by atoms with Gasteiger partial charge in [-0.05, 0) is 24.6 Å². The van der Waals surface area contributed by atoms with Crippen molar-refractivity contribution in [2.24, 2.45) is 0 Å². The van der Waals surface area contributed by atoms with Gasteiger partial charge in [0.05, 0.1) is 24.9 Å². The number of hydrogen-bond acceptors (Lipinski definition) is 3. The van der Waals surface area contributed by atoms with E-state index in [1.807, 2.05) is 13.0 Å². The highest BCUT2D eigenvalue weighted by Crippen LogP contribution is 2.35. The highest BCUT2D eigenvalue weighted by atomic mass is 35.5. The normalized spacial score (nSPS) is 10.1. The van der Waals surface area contributed by atoms with Crippen LogP contribution in [0.2, 0.25) is 10.0 Å². The van der Waals surface area contributed by atoms with Gasteiger partial charge in [0.15, 0.2) is 0 Å². The number of aryl methyl sites for hydroxylation is 1. The molecule has 0 fully saturated rings. The van der Waals surface area contributed by atoms with E-state index in [0.29, 0.717) is 32.9 Å². The van der Waals surface area contributed by atoms with Gasteiger partial charge in [-0.3, -0.25) is 0 Å². The molecule has 0 aliphatic heterocycles. The molecule has 0 bridgehead atoms. The first kappa shape index (κ1) is 17.2. The van der Waals surface area contributed by atoms with E-state index < -0.39 is 6.03 Å². The van der Waals surface area contributed by atoms with Crippen LogP contribution >= 0.6 is 23.2 Å². The molecule has 122 valence electrons. The standard InChI is InChI=1S/C16H16Cl2N2O3/c1-9-4-5-10(6-11(9)17)19-16(21)20-13-8-14(22-2)12(18)7-15(13)23-3/h4-8H,1-3H3,(H2,19,20,21). The Bertz CT molecular complexity index is 736. The van der Waals surface area contributed by atoms with Gasteiger partial charge in [-0.25, -0.2) is 4.79 Å². The number of benzene rings is 2. The van der Waals surface area contributed by atoms with E-state index >= 15 is 0 Å². The molecule has 0 radical (unpaired) electrons. The van der Waals surface area contributed by atoms with Crippen LogP contribution in [0.25, 0.3) is 0 Å². The van der Waals surface area contributed by atoms with E-state index in [2.05, 4.69) is 10.6 Å². The van der Waals surface area contributed by atoms with Gasteiger partial charge in [-0.15, -0.1) is 0 Å². The molecule has 0 atom stereocenters. The molecule has 0 heterocycles. The lowest BCUT2D eigenvalue weighted by Gasteiger charge is -2.14. The summed E-state index contributed by atoms with van der Waals surface area (Å²) in [6.07, 6.45) is 0. The maximum absolute atomic E-state index is 12.1. The van der Waals surface area contributed by atoms with Crippen LogP contribution in [-0.2, 0) is 0 Å². The predicted octanol–water partition coefficient (Wildman–Crippen LogP) is 4.96. The van der Waals surface area contributed by atoms with Crippen LogP contribution in [0.4, 0.5) is 16.2 Å². The lowest BCUT2D eigenvalue weighted by atomic mass is 10.2. The van der Waals surface area contributed by atoms with Crippen molar-refractivity contribution in [3.63, 3.8) is 0 Å². The Balaban J connectivity index is 2.17. The molecule has 0 aliphatic carbocycles. The van der Waals surface area contributed by atoms with Crippen LogP contribution in [-0.4, -0.2) is 20.3 Å². The SMILES string of the molecule is COc1cc(NC(=O)Nc2ccc(C)c(Cl)c2)c(OC)cc1Cl. The molecule has 0 unspecified atom stereocenters. The van der Waals surface area contributed by atoms with Crippen LogP contribution in [0.15, 0.2) is 30.3 Å². The molecule has 2 aromatic carbocycles. The lowest BCUT2D eigenvalue weighted by molar-refractivity contribution is 0.262. The average Bonchev–Trinajstić information content (AvgIpc) is 2.52. The van der Waals surface area contributed by atoms with Gasteiger partial charge >= 0.3 is 6.03 Å². The number of nitrogens with one attached hydrogen (secondary N) is 2. The first-order valence-corrected chi connectivity index (χ1v) is 7.46. The van der Waals surface area contributed by atoms with Crippen molar-refractivity contribution in [2.75, 3.05) is 24.9 Å². The summed E-state index contributed by atoms with van der Waals surface area (Å²) in [5.41, 5.74) is 1.95. The molecule has 5 nitrogen and oxygen atoms in total. The maximum atomic E-state index is 12.1. The second-order valence-corrected chi connectivity index (χ2v) is 5.54. The minimum Gasteiger partial charge on any atom is -0.495 e. The number of amides is 2. The molecule has 2 N–H and O–H groups in total. The third-order valence-electron chi connectivity index (χ3n) is 3.15. The number of halogens is 2. The van der Waals surface area contributed by atoms with Gasteiger partial charge in [0, 0.05) is 22.8 Å².